The maximum absolute atomic E-state index is 13.4. The van der Waals surface area contributed by atoms with Gasteiger partial charge in [-0.2, -0.15) is 0 Å². The van der Waals surface area contributed by atoms with E-state index in [1.807, 2.05) is 17.9 Å². The maximum Gasteiger partial charge on any atom is 0.252 e. The van der Waals surface area contributed by atoms with E-state index in [2.05, 4.69) is 9.97 Å². The highest BCUT2D eigenvalue weighted by atomic mass is 19.1. The fourth-order valence-corrected chi connectivity index (χ4v) is 3.34. The van der Waals surface area contributed by atoms with E-state index < -0.39 is 6.10 Å². The van der Waals surface area contributed by atoms with Crippen molar-refractivity contribution in [3.05, 3.63) is 42.1 Å². The van der Waals surface area contributed by atoms with Crippen LogP contribution in [0.2, 0.25) is 0 Å². The number of imidazole rings is 1. The number of halogens is 1. The van der Waals surface area contributed by atoms with Crippen LogP contribution in [-0.4, -0.2) is 40.0 Å². The number of aromatic nitrogens is 2. The number of likely N-dealkylation sites (tertiary alicyclic amines) is 1. The normalized spacial score (nSPS) is 19.0. The smallest absolute Gasteiger partial charge is 0.252 e. The van der Waals surface area contributed by atoms with Crippen LogP contribution in [0.1, 0.15) is 45.0 Å². The lowest BCUT2D eigenvalue weighted by molar-refractivity contribution is -0.146. The van der Waals surface area contributed by atoms with Gasteiger partial charge in [-0.05, 0) is 45.2 Å². The molecule has 0 bridgehead atoms. The van der Waals surface area contributed by atoms with Crippen molar-refractivity contribution in [3.8, 4) is 11.3 Å². The average Bonchev–Trinajstić information content (AvgIpc) is 3.11. The Bertz CT molecular complexity index is 731. The molecule has 1 amide bonds. The van der Waals surface area contributed by atoms with E-state index in [-0.39, 0.29) is 17.8 Å². The number of hydrogen-bond donors (Lipinski definition) is 1. The van der Waals surface area contributed by atoms with Gasteiger partial charge in [0.25, 0.3) is 5.91 Å². The predicted octanol–water partition coefficient (Wildman–Crippen LogP) is 3.69. The number of H-pyrrole nitrogens is 1. The first kappa shape index (κ1) is 17.6. The summed E-state index contributed by atoms with van der Waals surface area (Å²) in [5, 5.41) is 0. The Morgan fingerprint density at radius 3 is 3.08 bits per heavy atom. The third-order valence-electron chi connectivity index (χ3n) is 4.60. The molecule has 2 aromatic rings. The molecule has 1 saturated heterocycles. The van der Waals surface area contributed by atoms with Crippen LogP contribution < -0.4 is 0 Å². The van der Waals surface area contributed by atoms with Crippen LogP contribution in [0.25, 0.3) is 11.3 Å². The number of aromatic amines is 1. The van der Waals surface area contributed by atoms with E-state index in [9.17, 15) is 9.18 Å². The molecule has 5 nitrogen and oxygen atoms in total. The van der Waals surface area contributed by atoms with Gasteiger partial charge in [0.1, 0.15) is 17.7 Å². The van der Waals surface area contributed by atoms with Crippen molar-refractivity contribution in [2.75, 3.05) is 13.2 Å². The molecule has 1 N–H and O–H groups in total. The number of benzene rings is 1. The second-order valence-electron chi connectivity index (χ2n) is 6.33. The molecule has 0 unspecified atom stereocenters. The molecular weight excluding hydrogens is 321 g/mol. The molecule has 134 valence electrons. The van der Waals surface area contributed by atoms with Gasteiger partial charge in [0, 0.05) is 18.7 Å². The molecule has 1 aliphatic heterocycles. The number of nitrogens with zero attached hydrogens (tertiary/aromatic N) is 2. The highest BCUT2D eigenvalue weighted by molar-refractivity contribution is 5.81. The van der Waals surface area contributed by atoms with Gasteiger partial charge in [-0.25, -0.2) is 9.37 Å². The minimum absolute atomic E-state index is 0.00439. The molecule has 1 fully saturated rings. The zero-order chi connectivity index (χ0) is 17.8. The van der Waals surface area contributed by atoms with Crippen LogP contribution in [0, 0.1) is 5.82 Å². The van der Waals surface area contributed by atoms with E-state index in [0.717, 1.165) is 36.3 Å². The van der Waals surface area contributed by atoms with Crippen LogP contribution in [0.3, 0.4) is 0 Å². The van der Waals surface area contributed by atoms with Crippen molar-refractivity contribution in [1.82, 2.24) is 14.9 Å². The Hall–Kier alpha value is -2.21. The summed E-state index contributed by atoms with van der Waals surface area (Å²) in [5.41, 5.74) is 1.50. The number of nitrogens with one attached hydrogen (secondary N) is 1. The molecule has 2 heterocycles. The molecule has 0 radical (unpaired) electrons. The van der Waals surface area contributed by atoms with E-state index in [1.54, 1.807) is 19.2 Å². The lowest BCUT2D eigenvalue weighted by Crippen LogP contribution is -2.44. The van der Waals surface area contributed by atoms with E-state index in [0.29, 0.717) is 13.2 Å². The summed E-state index contributed by atoms with van der Waals surface area (Å²) in [6.45, 7) is 4.89. The Morgan fingerprint density at radius 2 is 2.32 bits per heavy atom. The number of hydrogen-bond acceptors (Lipinski definition) is 3. The van der Waals surface area contributed by atoms with Gasteiger partial charge in [0.05, 0.1) is 17.9 Å². The Morgan fingerprint density at radius 1 is 1.48 bits per heavy atom. The van der Waals surface area contributed by atoms with Gasteiger partial charge in [-0.3, -0.25) is 4.79 Å². The van der Waals surface area contributed by atoms with Gasteiger partial charge in [0.15, 0.2) is 0 Å². The first-order chi connectivity index (χ1) is 12.1. The molecule has 0 spiro atoms. The van der Waals surface area contributed by atoms with Gasteiger partial charge in [-0.1, -0.05) is 12.1 Å². The second kappa shape index (κ2) is 7.78. The molecule has 6 heteroatoms. The van der Waals surface area contributed by atoms with E-state index in [4.69, 9.17) is 4.74 Å². The summed E-state index contributed by atoms with van der Waals surface area (Å²) in [6, 6.07) is 6.30. The first-order valence-corrected chi connectivity index (χ1v) is 8.83. The molecule has 1 aromatic carbocycles. The summed E-state index contributed by atoms with van der Waals surface area (Å²) in [6.07, 6.45) is 4.14. The molecule has 0 aliphatic carbocycles. The number of carbonyl (C=O) groups is 1. The SMILES string of the molecule is CCO[C@@H](C)C(=O)N1CCCC[C@@H]1c1ncc(-c2cccc(F)c2)[nH]1. The molecule has 1 aliphatic rings. The number of carbonyl (C=O) groups excluding carboxylic acids is 1. The third-order valence-corrected chi connectivity index (χ3v) is 4.60. The van der Waals surface area contributed by atoms with E-state index >= 15 is 0 Å². The third kappa shape index (κ3) is 3.90. The summed E-state index contributed by atoms with van der Waals surface area (Å²) >= 11 is 0. The largest absolute Gasteiger partial charge is 0.369 e. The quantitative estimate of drug-likeness (QED) is 0.899. The summed E-state index contributed by atoms with van der Waals surface area (Å²) in [7, 11) is 0. The maximum atomic E-state index is 13.4. The van der Waals surface area contributed by atoms with Gasteiger partial charge < -0.3 is 14.6 Å². The molecule has 0 saturated carbocycles. The zero-order valence-electron chi connectivity index (χ0n) is 14.7. The number of ether oxygens (including phenoxy) is 1. The molecular formula is C19H24FN3O2. The average molecular weight is 345 g/mol. The molecule has 25 heavy (non-hydrogen) atoms. The first-order valence-electron chi connectivity index (χ1n) is 8.83. The Balaban J connectivity index is 1.82. The summed E-state index contributed by atoms with van der Waals surface area (Å²) in [5.74, 6) is 0.458. The molecule has 2 atom stereocenters. The number of amides is 1. The zero-order valence-corrected chi connectivity index (χ0v) is 14.7. The lowest BCUT2D eigenvalue weighted by Gasteiger charge is -2.36. The van der Waals surface area contributed by atoms with Crippen LogP contribution in [-0.2, 0) is 9.53 Å². The predicted molar refractivity (Wildman–Crippen MR) is 93.4 cm³/mol. The van der Waals surface area contributed by atoms with Gasteiger partial charge in [-0.15, -0.1) is 0 Å². The molecule has 3 rings (SSSR count). The highest BCUT2D eigenvalue weighted by Crippen LogP contribution is 2.31. The second-order valence-corrected chi connectivity index (χ2v) is 6.33. The van der Waals surface area contributed by atoms with Gasteiger partial charge >= 0.3 is 0 Å². The minimum Gasteiger partial charge on any atom is -0.369 e. The van der Waals surface area contributed by atoms with Crippen LogP contribution in [0.5, 0.6) is 0 Å². The highest BCUT2D eigenvalue weighted by Gasteiger charge is 2.32. The van der Waals surface area contributed by atoms with Crippen molar-refractivity contribution in [1.29, 1.82) is 0 Å². The fraction of sp³-hybridized carbons (Fsp3) is 0.474. The van der Waals surface area contributed by atoms with Gasteiger partial charge in [0.2, 0.25) is 0 Å². The van der Waals surface area contributed by atoms with Crippen LogP contribution in [0.4, 0.5) is 4.39 Å². The van der Waals surface area contributed by atoms with Crippen LogP contribution in [0.15, 0.2) is 30.5 Å². The number of piperidine rings is 1. The van der Waals surface area contributed by atoms with Crippen LogP contribution >= 0.6 is 0 Å². The standard InChI is InChI=1S/C19H24FN3O2/c1-3-25-13(2)19(24)23-10-5-4-9-17(23)18-21-12-16(22-18)14-7-6-8-15(20)11-14/h6-8,11-13,17H,3-5,9-10H2,1-2H3,(H,21,22)/t13-,17+/m0/s1. The Kier molecular flexibility index (Phi) is 5.48. The van der Waals surface area contributed by atoms with Crippen molar-refractivity contribution >= 4 is 5.91 Å². The monoisotopic (exact) mass is 345 g/mol. The fourth-order valence-electron chi connectivity index (χ4n) is 3.34. The lowest BCUT2D eigenvalue weighted by atomic mass is 10.0. The molecule has 1 aromatic heterocycles. The van der Waals surface area contributed by atoms with Crippen molar-refractivity contribution < 1.29 is 13.9 Å². The van der Waals surface area contributed by atoms with Crippen molar-refractivity contribution in [2.45, 2.75) is 45.3 Å². The summed E-state index contributed by atoms with van der Waals surface area (Å²) < 4.78 is 18.9. The summed E-state index contributed by atoms with van der Waals surface area (Å²) in [4.78, 5) is 22.3. The number of rotatable bonds is 5. The topological polar surface area (TPSA) is 58.2 Å². The van der Waals surface area contributed by atoms with Crippen molar-refractivity contribution in [3.63, 3.8) is 0 Å². The van der Waals surface area contributed by atoms with E-state index in [1.165, 1.54) is 12.1 Å². The van der Waals surface area contributed by atoms with Crippen molar-refractivity contribution in [2.24, 2.45) is 0 Å². The Labute approximate surface area is 147 Å². The minimum atomic E-state index is -0.455.